The standard InChI is InChI=1S/C16H26N2O4/c1-11-9-18(6-5-17-11)13(10-19)12-7-14(20-2)16(22-4)15(8-12)21-3/h7-8,11,13,17,19H,5-6,9-10H2,1-4H3. The molecule has 2 rings (SSSR count). The van der Waals surface area contributed by atoms with Crippen LogP contribution in [0.4, 0.5) is 0 Å². The highest BCUT2D eigenvalue weighted by atomic mass is 16.5. The van der Waals surface area contributed by atoms with Gasteiger partial charge in [-0.15, -0.1) is 0 Å². The normalized spacial score (nSPS) is 20.5. The smallest absolute Gasteiger partial charge is 0.203 e. The van der Waals surface area contributed by atoms with Gasteiger partial charge in [-0.05, 0) is 24.6 Å². The molecular formula is C16H26N2O4. The third-order valence-electron chi connectivity index (χ3n) is 4.09. The van der Waals surface area contributed by atoms with Crippen molar-refractivity contribution in [3.05, 3.63) is 17.7 Å². The van der Waals surface area contributed by atoms with Crippen LogP contribution in [0.2, 0.25) is 0 Å². The molecule has 1 fully saturated rings. The van der Waals surface area contributed by atoms with Crippen molar-refractivity contribution in [3.8, 4) is 17.2 Å². The molecule has 1 heterocycles. The molecule has 0 radical (unpaired) electrons. The largest absolute Gasteiger partial charge is 0.493 e. The zero-order chi connectivity index (χ0) is 16.1. The number of ether oxygens (including phenoxy) is 3. The quantitative estimate of drug-likeness (QED) is 0.818. The number of aliphatic hydroxyl groups excluding tert-OH is 1. The fourth-order valence-corrected chi connectivity index (χ4v) is 2.97. The topological polar surface area (TPSA) is 63.2 Å². The van der Waals surface area contributed by atoms with Gasteiger partial charge in [-0.2, -0.15) is 0 Å². The van der Waals surface area contributed by atoms with Crippen LogP contribution in [-0.2, 0) is 0 Å². The van der Waals surface area contributed by atoms with Gasteiger partial charge < -0.3 is 24.6 Å². The van der Waals surface area contributed by atoms with Crippen molar-refractivity contribution in [1.82, 2.24) is 10.2 Å². The second kappa shape index (κ2) is 7.67. The number of hydrogen-bond acceptors (Lipinski definition) is 6. The van der Waals surface area contributed by atoms with Crippen molar-refractivity contribution in [2.75, 3.05) is 47.6 Å². The molecule has 0 aromatic heterocycles. The van der Waals surface area contributed by atoms with Crippen molar-refractivity contribution >= 4 is 0 Å². The average Bonchev–Trinajstić information content (AvgIpc) is 2.54. The van der Waals surface area contributed by atoms with Crippen LogP contribution in [-0.4, -0.2) is 63.6 Å². The first-order valence-electron chi connectivity index (χ1n) is 7.52. The molecule has 6 nitrogen and oxygen atoms in total. The maximum absolute atomic E-state index is 9.90. The maximum atomic E-state index is 9.90. The van der Waals surface area contributed by atoms with Gasteiger partial charge >= 0.3 is 0 Å². The van der Waals surface area contributed by atoms with Crippen LogP contribution < -0.4 is 19.5 Å². The van der Waals surface area contributed by atoms with Crippen molar-refractivity contribution in [2.45, 2.75) is 19.0 Å². The lowest BCUT2D eigenvalue weighted by atomic mass is 10.0. The molecular weight excluding hydrogens is 284 g/mol. The Morgan fingerprint density at radius 2 is 1.86 bits per heavy atom. The molecule has 124 valence electrons. The Hall–Kier alpha value is -1.50. The van der Waals surface area contributed by atoms with Gasteiger partial charge in [-0.25, -0.2) is 0 Å². The molecule has 2 N–H and O–H groups in total. The number of rotatable bonds is 6. The average molecular weight is 310 g/mol. The van der Waals surface area contributed by atoms with E-state index in [1.165, 1.54) is 0 Å². The zero-order valence-corrected chi connectivity index (χ0v) is 13.8. The fourth-order valence-electron chi connectivity index (χ4n) is 2.97. The summed E-state index contributed by atoms with van der Waals surface area (Å²) in [5.74, 6) is 1.79. The lowest BCUT2D eigenvalue weighted by Crippen LogP contribution is -2.50. The summed E-state index contributed by atoms with van der Waals surface area (Å²) in [5.41, 5.74) is 0.964. The van der Waals surface area contributed by atoms with Gasteiger partial charge in [-0.1, -0.05) is 0 Å². The van der Waals surface area contributed by atoms with Crippen molar-refractivity contribution in [1.29, 1.82) is 0 Å². The number of piperazine rings is 1. The Labute approximate surface area is 132 Å². The lowest BCUT2D eigenvalue weighted by Gasteiger charge is -2.37. The van der Waals surface area contributed by atoms with Crippen molar-refractivity contribution in [3.63, 3.8) is 0 Å². The molecule has 2 atom stereocenters. The van der Waals surface area contributed by atoms with E-state index in [0.29, 0.717) is 23.3 Å². The maximum Gasteiger partial charge on any atom is 0.203 e. The Morgan fingerprint density at radius 1 is 1.23 bits per heavy atom. The summed E-state index contributed by atoms with van der Waals surface area (Å²) in [7, 11) is 4.78. The SMILES string of the molecule is COc1cc(C(CO)N2CCNC(C)C2)cc(OC)c1OC. The van der Waals surface area contributed by atoms with Gasteiger partial charge in [-0.3, -0.25) is 4.90 Å². The second-order valence-corrected chi connectivity index (χ2v) is 5.51. The van der Waals surface area contributed by atoms with Gasteiger partial charge in [0.25, 0.3) is 0 Å². The summed E-state index contributed by atoms with van der Waals surface area (Å²) in [6.45, 7) is 4.90. The Morgan fingerprint density at radius 3 is 2.32 bits per heavy atom. The van der Waals surface area contributed by atoms with Crippen LogP contribution in [0, 0.1) is 0 Å². The summed E-state index contributed by atoms with van der Waals surface area (Å²) >= 11 is 0. The zero-order valence-electron chi connectivity index (χ0n) is 13.8. The summed E-state index contributed by atoms with van der Waals surface area (Å²) < 4.78 is 16.2. The number of nitrogens with zero attached hydrogens (tertiary/aromatic N) is 1. The number of hydrogen-bond donors (Lipinski definition) is 2. The van der Waals surface area contributed by atoms with Crippen LogP contribution in [0.25, 0.3) is 0 Å². The van der Waals surface area contributed by atoms with Crippen LogP contribution in [0.15, 0.2) is 12.1 Å². The highest BCUT2D eigenvalue weighted by Gasteiger charge is 2.26. The van der Waals surface area contributed by atoms with E-state index >= 15 is 0 Å². The van der Waals surface area contributed by atoms with Gasteiger partial charge in [0.15, 0.2) is 11.5 Å². The molecule has 1 aliphatic rings. The lowest BCUT2D eigenvalue weighted by molar-refractivity contribution is 0.0959. The second-order valence-electron chi connectivity index (χ2n) is 5.51. The van der Waals surface area contributed by atoms with Gasteiger partial charge in [0.2, 0.25) is 5.75 Å². The van der Waals surface area contributed by atoms with E-state index in [1.54, 1.807) is 21.3 Å². The highest BCUT2D eigenvalue weighted by molar-refractivity contribution is 5.54. The summed E-state index contributed by atoms with van der Waals surface area (Å²) in [4.78, 5) is 2.28. The number of benzene rings is 1. The predicted octanol–water partition coefficient (Wildman–Crippen LogP) is 1.04. The molecule has 0 spiro atoms. The minimum atomic E-state index is -0.0849. The molecule has 1 saturated heterocycles. The molecule has 0 saturated carbocycles. The molecule has 0 aliphatic carbocycles. The summed E-state index contributed by atoms with van der Waals surface area (Å²) in [5, 5.41) is 13.3. The van der Waals surface area contributed by atoms with E-state index in [0.717, 1.165) is 25.2 Å². The predicted molar refractivity (Wildman–Crippen MR) is 85.0 cm³/mol. The molecule has 2 unspecified atom stereocenters. The highest BCUT2D eigenvalue weighted by Crippen LogP contribution is 2.40. The monoisotopic (exact) mass is 310 g/mol. The van der Waals surface area contributed by atoms with Crippen LogP contribution in [0.5, 0.6) is 17.2 Å². The van der Waals surface area contributed by atoms with Crippen LogP contribution in [0.3, 0.4) is 0 Å². The van der Waals surface area contributed by atoms with E-state index < -0.39 is 0 Å². The third kappa shape index (κ3) is 3.45. The van der Waals surface area contributed by atoms with Gasteiger partial charge in [0.05, 0.1) is 34.0 Å². The van der Waals surface area contributed by atoms with E-state index in [4.69, 9.17) is 14.2 Å². The van der Waals surface area contributed by atoms with E-state index in [1.807, 2.05) is 12.1 Å². The summed E-state index contributed by atoms with van der Waals surface area (Å²) in [6, 6.07) is 4.15. The van der Waals surface area contributed by atoms with Crippen LogP contribution >= 0.6 is 0 Å². The van der Waals surface area contributed by atoms with Gasteiger partial charge in [0.1, 0.15) is 0 Å². The van der Waals surface area contributed by atoms with Gasteiger partial charge in [0, 0.05) is 25.7 Å². The molecule has 6 heteroatoms. The Bertz CT molecular complexity index is 470. The minimum Gasteiger partial charge on any atom is -0.493 e. The Balaban J connectivity index is 2.35. The first-order chi connectivity index (χ1) is 10.6. The van der Waals surface area contributed by atoms with Crippen molar-refractivity contribution < 1.29 is 19.3 Å². The minimum absolute atomic E-state index is 0.0470. The number of aliphatic hydroxyl groups is 1. The first kappa shape index (κ1) is 16.9. The number of methoxy groups -OCH3 is 3. The summed E-state index contributed by atoms with van der Waals surface area (Å²) in [6.07, 6.45) is 0. The fraction of sp³-hybridized carbons (Fsp3) is 0.625. The molecule has 22 heavy (non-hydrogen) atoms. The third-order valence-corrected chi connectivity index (χ3v) is 4.09. The van der Waals surface area contributed by atoms with Crippen LogP contribution in [0.1, 0.15) is 18.5 Å². The number of nitrogens with one attached hydrogen (secondary N) is 1. The first-order valence-corrected chi connectivity index (χ1v) is 7.52. The molecule has 1 aromatic rings. The van der Waals surface area contributed by atoms with Crippen molar-refractivity contribution in [2.24, 2.45) is 0 Å². The molecule has 1 aromatic carbocycles. The Kier molecular flexibility index (Phi) is 5.88. The molecule has 1 aliphatic heterocycles. The van der Waals surface area contributed by atoms with E-state index in [2.05, 4.69) is 17.1 Å². The molecule has 0 amide bonds. The van der Waals surface area contributed by atoms with E-state index in [9.17, 15) is 5.11 Å². The molecule has 0 bridgehead atoms. The van der Waals surface area contributed by atoms with E-state index in [-0.39, 0.29) is 12.6 Å².